The average molecular weight is 1200 g/mol. The van der Waals surface area contributed by atoms with Crippen LogP contribution < -0.4 is 90.6 Å². The number of hydrogen-bond acceptors (Lipinski definition) is 26. The zero-order valence-electron chi connectivity index (χ0n) is 37.4. The molecule has 0 aromatic carbocycles. The van der Waals surface area contributed by atoms with E-state index in [1.807, 2.05) is 35.0 Å². The van der Waals surface area contributed by atoms with Crippen molar-refractivity contribution in [1.29, 1.82) is 0 Å². The van der Waals surface area contributed by atoms with E-state index in [0.717, 1.165) is 9.75 Å². The number of carbonyl (C=O) groups is 6. The first-order valence-corrected chi connectivity index (χ1v) is 30.5. The number of carbonyl (C=O) groups excluding carboxylic acids is 6. The Morgan fingerprint density at radius 1 is 0.667 bits per heavy atom. The minimum absolute atomic E-state index is 0. The molecule has 36 heteroatoms. The van der Waals surface area contributed by atoms with Crippen LogP contribution in [0.3, 0.4) is 0 Å². The summed E-state index contributed by atoms with van der Waals surface area (Å²) in [6.45, 7) is 0.175. The predicted octanol–water partition coefficient (Wildman–Crippen LogP) is -7.45. The molecule has 6 N–H and O–H groups in total. The van der Waals surface area contributed by atoms with E-state index >= 15 is 0 Å². The molecule has 2 unspecified atom stereocenters. The first kappa shape index (κ1) is 60.8. The van der Waals surface area contributed by atoms with Crippen molar-refractivity contribution in [3.8, 4) is 0 Å². The number of hydrogen-bond donors (Lipinski definition) is 6. The largest absolute Gasteiger partial charge is 1.00 e. The van der Waals surface area contributed by atoms with Gasteiger partial charge in [-0.1, -0.05) is 58.3 Å². The summed E-state index contributed by atoms with van der Waals surface area (Å²) in [7, 11) is -8.29. The van der Waals surface area contributed by atoms with Crippen molar-refractivity contribution in [2.75, 3.05) is 34.8 Å². The number of thioether (sulfide) groups is 4. The van der Waals surface area contributed by atoms with Gasteiger partial charge in [0.05, 0.1) is 49.3 Å². The Morgan fingerprint density at radius 2 is 1.06 bits per heavy atom. The molecule has 0 radical (unpaired) electrons. The Hall–Kier alpha value is -2.04. The summed E-state index contributed by atoms with van der Waals surface area (Å²) >= 11 is 10.4. The van der Waals surface area contributed by atoms with Gasteiger partial charge in [0.1, 0.15) is 44.6 Å². The topological polar surface area (TPSA) is 363 Å². The van der Waals surface area contributed by atoms with Gasteiger partial charge in [-0.25, -0.2) is 0 Å². The zero-order valence-corrected chi connectivity index (χ0v) is 49.6. The van der Waals surface area contributed by atoms with E-state index in [9.17, 15) is 55.8 Å². The molecule has 8 heterocycles. The van der Waals surface area contributed by atoms with Crippen LogP contribution in [0.5, 0.6) is 0 Å². The number of amides is 4. The number of nitrogens with zero attached hydrogens (tertiary/aromatic N) is 6. The molecular weight excluding hydrogens is 1160 g/mol. The first-order valence-electron chi connectivity index (χ1n) is 19.9. The number of fused-ring (bicyclic) bond motifs is 2. The monoisotopic (exact) mass is 1200 g/mol. The van der Waals surface area contributed by atoms with Crippen molar-refractivity contribution in [2.24, 2.45) is 0 Å². The summed E-state index contributed by atoms with van der Waals surface area (Å²) in [4.78, 5) is 77.9. The van der Waals surface area contributed by atoms with Gasteiger partial charge >= 0.3 is 59.1 Å². The number of β-lactam (4-membered cyclic amide) rings is 2. The second-order valence-electron chi connectivity index (χ2n) is 14.7. The third-order valence-electron chi connectivity index (χ3n) is 9.70. The van der Waals surface area contributed by atoms with Crippen LogP contribution >= 0.6 is 92.4 Å². The molecule has 72 heavy (non-hydrogen) atoms. The molecule has 4 amide bonds. The fourth-order valence-electron chi connectivity index (χ4n) is 6.76. The van der Waals surface area contributed by atoms with Crippen LogP contribution in [0.25, 0.3) is 0 Å². The Kier molecular flexibility index (Phi) is 23.1. The molecule has 2 fully saturated rings. The minimum atomic E-state index is -4.14. The van der Waals surface area contributed by atoms with Crippen molar-refractivity contribution >= 4 is 148 Å². The van der Waals surface area contributed by atoms with Gasteiger partial charge in [-0.3, -0.25) is 48.7 Å². The molecule has 4 aliphatic rings. The quantitative estimate of drug-likeness (QED) is 0.0184. The number of carboxylic acids is 2. The van der Waals surface area contributed by atoms with Gasteiger partial charge in [-0.2, -0.15) is 16.8 Å². The fraction of sp³-hybridized carbons (Fsp3) is 0.389. The van der Waals surface area contributed by atoms with Gasteiger partial charge in [-0.15, -0.1) is 66.6 Å². The summed E-state index contributed by atoms with van der Waals surface area (Å²) in [6.07, 6.45) is 0.304. The maximum atomic E-state index is 12.7. The van der Waals surface area contributed by atoms with Crippen molar-refractivity contribution in [1.82, 2.24) is 51.5 Å². The second kappa shape index (κ2) is 27.3. The Morgan fingerprint density at radius 3 is 1.39 bits per heavy atom. The predicted molar refractivity (Wildman–Crippen MR) is 258 cm³/mol. The molecule has 4 aromatic heterocycles. The smallest absolute Gasteiger partial charge is 0.543 e. The van der Waals surface area contributed by atoms with Crippen LogP contribution in [0.1, 0.15) is 19.8 Å². The number of carboxylic acid groups (broad SMARTS) is 2. The van der Waals surface area contributed by atoms with E-state index in [4.69, 9.17) is 9.11 Å². The standard InChI is InChI=1S/2C18H19N5O7S5.2Na/c2*24-11(4-10-2-1-3-31-10)20-13-15(25)23-14(17(26)27)9(6-32-16(13)23)7-33-18-22-21-12(34-18)5-19-8-35(28,29)30;;/h2*1-3,13,16,19H,4-8H2,(H,20,24)(H,26,27)(H,28,29,30);;/q;;2*+1/p-2/t2*13?,16-;;/m11../s1. The maximum absolute atomic E-state index is 12.7. The molecule has 0 saturated carbocycles. The molecule has 4 atom stereocenters. The molecule has 0 spiro atoms. The van der Waals surface area contributed by atoms with E-state index in [2.05, 4.69) is 41.7 Å². The Balaban J connectivity index is 0.000000260. The zero-order chi connectivity index (χ0) is 50.3. The summed E-state index contributed by atoms with van der Waals surface area (Å²) in [5.74, 6) is -4.61. The molecule has 0 aliphatic carbocycles. The van der Waals surface area contributed by atoms with Crippen LogP contribution in [-0.4, -0.2) is 149 Å². The maximum Gasteiger partial charge on any atom is 1.00 e. The van der Waals surface area contributed by atoms with Crippen molar-refractivity contribution in [2.45, 2.75) is 57.4 Å². The van der Waals surface area contributed by atoms with E-state index in [1.54, 1.807) is 0 Å². The number of nitrogens with one attached hydrogen (secondary N) is 4. The minimum Gasteiger partial charge on any atom is -0.543 e. The van der Waals surface area contributed by atoms with Gasteiger partial charge in [-0.05, 0) is 34.0 Å². The van der Waals surface area contributed by atoms with Crippen molar-refractivity contribution in [3.05, 3.63) is 77.3 Å². The van der Waals surface area contributed by atoms with Crippen molar-refractivity contribution < 1.29 is 124 Å². The van der Waals surface area contributed by atoms with Crippen LogP contribution in [-0.2, 0) is 74.9 Å². The molecule has 8 rings (SSSR count). The average Bonchev–Trinajstić information content (AvgIpc) is 4.15. The normalized spacial score (nSPS) is 19.4. The number of aliphatic carboxylic acids is 2. The molecule has 24 nitrogen and oxygen atoms in total. The van der Waals surface area contributed by atoms with Gasteiger partial charge in [0, 0.05) is 32.8 Å². The van der Waals surface area contributed by atoms with Crippen LogP contribution in [0.15, 0.2) is 66.2 Å². The van der Waals surface area contributed by atoms with Gasteiger partial charge in [0.2, 0.25) is 11.8 Å². The molecule has 0 bridgehead atoms. The van der Waals surface area contributed by atoms with Gasteiger partial charge in [0.15, 0.2) is 8.68 Å². The second-order valence-corrected chi connectivity index (χ2v) is 26.5. The van der Waals surface area contributed by atoms with E-state index in [-0.39, 0.29) is 120 Å². The molecule has 376 valence electrons. The van der Waals surface area contributed by atoms with Crippen molar-refractivity contribution in [3.63, 3.8) is 0 Å². The molecule has 4 aliphatic heterocycles. The third-order valence-corrected chi connectivity index (χ3v) is 19.6. The molecule has 4 aromatic rings. The molecule has 2 saturated heterocycles. The summed E-state index contributed by atoms with van der Waals surface area (Å²) in [6, 6.07) is 5.73. The van der Waals surface area contributed by atoms with Crippen LogP contribution in [0.2, 0.25) is 0 Å². The third kappa shape index (κ3) is 16.5. The summed E-state index contributed by atoms with van der Waals surface area (Å²) in [5.41, 5.74) is 0.618. The van der Waals surface area contributed by atoms with E-state index in [1.165, 1.54) is 102 Å². The van der Waals surface area contributed by atoms with Gasteiger partial charge < -0.3 is 30.4 Å². The Labute approximate surface area is 487 Å². The first-order chi connectivity index (χ1) is 33.2. The van der Waals surface area contributed by atoms with E-state index < -0.39 is 78.6 Å². The van der Waals surface area contributed by atoms with Gasteiger partial charge in [0.25, 0.3) is 32.1 Å². The Bertz CT molecular complexity index is 2730. The van der Waals surface area contributed by atoms with E-state index in [0.29, 0.717) is 41.3 Å². The SMILES string of the molecule is O=C(Cc1cccs1)NC1C(=O)N2C(C(=O)[O-])=C(CSc3nnc(CNCS(=O)(=O)O)s3)CS[C@H]12.O=C(Cc1cccs1)NC1C(=O)N2C(C(=O)[O-])=C(CSc3nnc(CNCS(=O)(=O)O)s3)CS[C@H]12.[Na+].[Na+]. The fourth-order valence-corrected chi connectivity index (χ4v) is 15.6. The van der Waals surface area contributed by atoms with Crippen LogP contribution in [0, 0.1) is 0 Å². The van der Waals surface area contributed by atoms with Crippen LogP contribution in [0.4, 0.5) is 0 Å². The summed E-state index contributed by atoms with van der Waals surface area (Å²) < 4.78 is 61.5. The summed E-state index contributed by atoms with van der Waals surface area (Å²) in [5, 5.41) is 53.7. The number of rotatable bonds is 22. The molecular formula is C36H36N10Na2O14S10. The number of aromatic nitrogens is 4. The number of thiophene rings is 2.